The summed E-state index contributed by atoms with van der Waals surface area (Å²) in [5.41, 5.74) is 2.00. The molecule has 0 saturated heterocycles. The summed E-state index contributed by atoms with van der Waals surface area (Å²) in [5, 5.41) is 10.3. The standard InChI is InChI=1S/C18H26N4O2/c1-4-10-20-17(23)12-22-18(19-5-2)21-11-16-13(3)14-8-6-7-9-15(14)24-16/h6-9H,4-5,10-12H2,1-3H3,(H,20,23)(H2,19,21,22). The second-order valence-corrected chi connectivity index (χ2v) is 5.55. The van der Waals surface area contributed by atoms with Gasteiger partial charge in [-0.3, -0.25) is 4.79 Å². The van der Waals surface area contributed by atoms with Crippen molar-refractivity contribution in [3.63, 3.8) is 0 Å². The molecule has 0 atom stereocenters. The van der Waals surface area contributed by atoms with Crippen molar-refractivity contribution in [3.8, 4) is 0 Å². The van der Waals surface area contributed by atoms with Crippen LogP contribution in [0.25, 0.3) is 11.0 Å². The van der Waals surface area contributed by atoms with Crippen molar-refractivity contribution in [2.24, 2.45) is 4.99 Å². The molecule has 0 unspecified atom stereocenters. The van der Waals surface area contributed by atoms with E-state index in [-0.39, 0.29) is 12.5 Å². The Bertz CT molecular complexity index is 706. The molecule has 2 aromatic rings. The second-order valence-electron chi connectivity index (χ2n) is 5.55. The van der Waals surface area contributed by atoms with Crippen molar-refractivity contribution >= 4 is 22.8 Å². The van der Waals surface area contributed by atoms with Crippen LogP contribution in [0.2, 0.25) is 0 Å². The molecule has 2 rings (SSSR count). The highest BCUT2D eigenvalue weighted by Crippen LogP contribution is 2.24. The van der Waals surface area contributed by atoms with Gasteiger partial charge in [-0.2, -0.15) is 0 Å². The van der Waals surface area contributed by atoms with Gasteiger partial charge in [-0.15, -0.1) is 0 Å². The van der Waals surface area contributed by atoms with E-state index in [0.717, 1.165) is 35.3 Å². The highest BCUT2D eigenvalue weighted by Gasteiger charge is 2.10. The molecule has 6 heteroatoms. The largest absolute Gasteiger partial charge is 0.459 e. The maximum Gasteiger partial charge on any atom is 0.241 e. The second kappa shape index (κ2) is 8.96. The Morgan fingerprint density at radius 3 is 2.67 bits per heavy atom. The van der Waals surface area contributed by atoms with Crippen molar-refractivity contribution in [1.29, 1.82) is 0 Å². The number of amides is 1. The number of carbonyl (C=O) groups is 1. The third-order valence-corrected chi connectivity index (χ3v) is 3.66. The van der Waals surface area contributed by atoms with E-state index in [9.17, 15) is 4.79 Å². The van der Waals surface area contributed by atoms with Crippen LogP contribution in [0.15, 0.2) is 33.7 Å². The molecule has 0 aliphatic heterocycles. The fourth-order valence-electron chi connectivity index (χ4n) is 2.37. The number of aryl methyl sites for hydroxylation is 1. The summed E-state index contributed by atoms with van der Waals surface area (Å²) in [4.78, 5) is 16.0. The van der Waals surface area contributed by atoms with Gasteiger partial charge in [-0.25, -0.2) is 4.99 Å². The smallest absolute Gasteiger partial charge is 0.241 e. The first kappa shape index (κ1) is 17.8. The first-order valence-corrected chi connectivity index (χ1v) is 8.41. The predicted molar refractivity (Wildman–Crippen MR) is 97.1 cm³/mol. The zero-order valence-electron chi connectivity index (χ0n) is 14.6. The maximum absolute atomic E-state index is 11.7. The van der Waals surface area contributed by atoms with E-state index in [4.69, 9.17) is 4.42 Å². The van der Waals surface area contributed by atoms with Crippen molar-refractivity contribution in [1.82, 2.24) is 16.0 Å². The minimum Gasteiger partial charge on any atom is -0.459 e. The van der Waals surface area contributed by atoms with Crippen LogP contribution in [-0.2, 0) is 11.3 Å². The highest BCUT2D eigenvalue weighted by atomic mass is 16.3. The molecular formula is C18H26N4O2. The molecule has 1 aromatic heterocycles. The van der Waals surface area contributed by atoms with E-state index in [1.54, 1.807) is 0 Å². The molecule has 0 bridgehead atoms. The number of hydrogen-bond donors (Lipinski definition) is 3. The number of para-hydroxylation sites is 1. The van der Waals surface area contributed by atoms with Crippen molar-refractivity contribution in [3.05, 3.63) is 35.6 Å². The van der Waals surface area contributed by atoms with E-state index >= 15 is 0 Å². The van der Waals surface area contributed by atoms with Crippen LogP contribution in [0.3, 0.4) is 0 Å². The lowest BCUT2D eigenvalue weighted by Gasteiger charge is -2.10. The number of fused-ring (bicyclic) bond motifs is 1. The molecule has 130 valence electrons. The Labute approximate surface area is 142 Å². The molecule has 6 nitrogen and oxygen atoms in total. The third kappa shape index (κ3) is 4.75. The Morgan fingerprint density at radius 2 is 1.96 bits per heavy atom. The minimum atomic E-state index is -0.0750. The molecule has 0 fully saturated rings. The number of benzene rings is 1. The van der Waals surface area contributed by atoms with Gasteiger partial charge < -0.3 is 20.4 Å². The summed E-state index contributed by atoms with van der Waals surface area (Å²) in [6.45, 7) is 8.08. The van der Waals surface area contributed by atoms with Crippen LogP contribution in [0, 0.1) is 6.92 Å². The van der Waals surface area contributed by atoms with Gasteiger partial charge in [0.05, 0.1) is 6.54 Å². The number of rotatable bonds is 7. The number of aliphatic imine (C=N–C) groups is 1. The lowest BCUT2D eigenvalue weighted by molar-refractivity contribution is -0.119. The molecule has 0 spiro atoms. The van der Waals surface area contributed by atoms with Crippen LogP contribution >= 0.6 is 0 Å². The molecule has 24 heavy (non-hydrogen) atoms. The third-order valence-electron chi connectivity index (χ3n) is 3.66. The van der Waals surface area contributed by atoms with E-state index in [1.165, 1.54) is 0 Å². The number of guanidine groups is 1. The molecule has 0 aliphatic rings. The molecule has 1 amide bonds. The topological polar surface area (TPSA) is 78.7 Å². The minimum absolute atomic E-state index is 0.0750. The maximum atomic E-state index is 11.7. The summed E-state index contributed by atoms with van der Waals surface area (Å²) in [6, 6.07) is 7.98. The van der Waals surface area contributed by atoms with Gasteiger partial charge >= 0.3 is 0 Å². The zero-order valence-corrected chi connectivity index (χ0v) is 14.6. The number of furan rings is 1. The summed E-state index contributed by atoms with van der Waals surface area (Å²) in [6.07, 6.45) is 0.916. The Morgan fingerprint density at radius 1 is 1.17 bits per heavy atom. The molecule has 0 aliphatic carbocycles. The number of hydrogen-bond acceptors (Lipinski definition) is 3. The van der Waals surface area contributed by atoms with Gasteiger partial charge in [0, 0.05) is 24.0 Å². The molecule has 1 aromatic carbocycles. The van der Waals surface area contributed by atoms with Crippen LogP contribution in [0.5, 0.6) is 0 Å². The van der Waals surface area contributed by atoms with Crippen LogP contribution < -0.4 is 16.0 Å². The molecule has 3 N–H and O–H groups in total. The SMILES string of the molecule is CCCNC(=O)CN=C(NCC)NCc1oc2ccccc2c1C. The summed E-state index contributed by atoms with van der Waals surface area (Å²) in [7, 11) is 0. The Kier molecular flexibility index (Phi) is 6.66. The normalized spacial score (nSPS) is 11.5. The number of carbonyl (C=O) groups excluding carboxylic acids is 1. The molecule has 0 saturated carbocycles. The quantitative estimate of drug-likeness (QED) is 0.538. The Hall–Kier alpha value is -2.50. The summed E-state index contributed by atoms with van der Waals surface area (Å²) < 4.78 is 5.88. The number of nitrogens with zero attached hydrogens (tertiary/aromatic N) is 1. The van der Waals surface area contributed by atoms with Gasteiger partial charge in [0.15, 0.2) is 5.96 Å². The van der Waals surface area contributed by atoms with E-state index in [2.05, 4.69) is 27.0 Å². The van der Waals surface area contributed by atoms with E-state index < -0.39 is 0 Å². The fourth-order valence-corrected chi connectivity index (χ4v) is 2.37. The predicted octanol–water partition coefficient (Wildman–Crippen LogP) is 2.32. The average Bonchev–Trinajstić information content (AvgIpc) is 2.92. The highest BCUT2D eigenvalue weighted by molar-refractivity contribution is 5.85. The summed E-state index contributed by atoms with van der Waals surface area (Å²) >= 11 is 0. The first-order valence-electron chi connectivity index (χ1n) is 8.41. The fraction of sp³-hybridized carbons (Fsp3) is 0.444. The summed E-state index contributed by atoms with van der Waals surface area (Å²) in [5.74, 6) is 1.40. The van der Waals surface area contributed by atoms with Crippen molar-refractivity contribution < 1.29 is 9.21 Å². The van der Waals surface area contributed by atoms with Crippen LogP contribution in [0.4, 0.5) is 0 Å². The van der Waals surface area contributed by atoms with Gasteiger partial charge in [0.25, 0.3) is 0 Å². The van der Waals surface area contributed by atoms with E-state index in [1.807, 2.05) is 39.0 Å². The monoisotopic (exact) mass is 330 g/mol. The van der Waals surface area contributed by atoms with Crippen LogP contribution in [0.1, 0.15) is 31.6 Å². The van der Waals surface area contributed by atoms with Crippen molar-refractivity contribution in [2.45, 2.75) is 33.7 Å². The lowest BCUT2D eigenvalue weighted by atomic mass is 10.1. The van der Waals surface area contributed by atoms with Gasteiger partial charge in [0.2, 0.25) is 5.91 Å². The van der Waals surface area contributed by atoms with Crippen LogP contribution in [-0.4, -0.2) is 31.5 Å². The lowest BCUT2D eigenvalue weighted by Crippen LogP contribution is -2.38. The van der Waals surface area contributed by atoms with Gasteiger partial charge in [0.1, 0.15) is 17.9 Å². The zero-order chi connectivity index (χ0) is 17.4. The Balaban J connectivity index is 1.99. The average molecular weight is 330 g/mol. The van der Waals surface area contributed by atoms with Crippen molar-refractivity contribution in [2.75, 3.05) is 19.6 Å². The van der Waals surface area contributed by atoms with E-state index in [0.29, 0.717) is 19.0 Å². The molecule has 0 radical (unpaired) electrons. The molecular weight excluding hydrogens is 304 g/mol. The van der Waals surface area contributed by atoms with Gasteiger partial charge in [-0.1, -0.05) is 25.1 Å². The first-order chi connectivity index (χ1) is 11.7. The molecule has 1 heterocycles. The number of nitrogens with one attached hydrogen (secondary N) is 3. The van der Waals surface area contributed by atoms with Gasteiger partial charge in [-0.05, 0) is 26.3 Å².